The molecule has 7 heteroatoms. The zero-order valence-electron chi connectivity index (χ0n) is 15.1. The first kappa shape index (κ1) is 20.6. The van der Waals surface area contributed by atoms with E-state index in [0.29, 0.717) is 19.6 Å². The smallest absolute Gasteiger partial charge is 0.305 e. The number of benzene rings is 1. The van der Waals surface area contributed by atoms with Gasteiger partial charge in [0.25, 0.3) is 0 Å². The summed E-state index contributed by atoms with van der Waals surface area (Å²) in [5.74, 6) is 0.208. The SMILES string of the molecule is O=C(CCCC(=O)OCCCc1ccccc1)NC(=S)NCc1ccco1. The van der Waals surface area contributed by atoms with E-state index in [2.05, 4.69) is 10.6 Å². The Bertz CT molecular complexity index is 717. The number of furan rings is 1. The van der Waals surface area contributed by atoms with Crippen LogP contribution in [0.2, 0.25) is 0 Å². The van der Waals surface area contributed by atoms with Crippen molar-refractivity contribution in [1.82, 2.24) is 10.6 Å². The van der Waals surface area contributed by atoms with Gasteiger partial charge in [-0.1, -0.05) is 30.3 Å². The number of nitrogens with one attached hydrogen (secondary N) is 2. The first-order chi connectivity index (χ1) is 13.1. The summed E-state index contributed by atoms with van der Waals surface area (Å²) in [5.41, 5.74) is 1.22. The van der Waals surface area contributed by atoms with Crippen LogP contribution in [-0.4, -0.2) is 23.6 Å². The summed E-state index contributed by atoms with van der Waals surface area (Å²) in [6.07, 6.45) is 4.07. The Morgan fingerprint density at radius 3 is 2.59 bits per heavy atom. The first-order valence-electron chi connectivity index (χ1n) is 8.93. The number of aryl methyl sites for hydroxylation is 1. The molecule has 2 rings (SSSR count). The Morgan fingerprint density at radius 1 is 1.04 bits per heavy atom. The summed E-state index contributed by atoms with van der Waals surface area (Å²) in [6, 6.07) is 13.6. The van der Waals surface area contributed by atoms with Crippen LogP contribution < -0.4 is 10.6 Å². The van der Waals surface area contributed by atoms with Gasteiger partial charge in [0.2, 0.25) is 5.91 Å². The first-order valence-corrected chi connectivity index (χ1v) is 9.34. The number of amides is 1. The Hall–Kier alpha value is -2.67. The predicted octanol–water partition coefficient (Wildman–Crippen LogP) is 3.12. The Balaban J connectivity index is 1.48. The van der Waals surface area contributed by atoms with Gasteiger partial charge in [-0.2, -0.15) is 0 Å². The molecule has 1 aromatic heterocycles. The zero-order chi connectivity index (χ0) is 19.3. The van der Waals surface area contributed by atoms with Crippen LogP contribution in [0.5, 0.6) is 0 Å². The number of ether oxygens (including phenoxy) is 1. The van der Waals surface area contributed by atoms with E-state index in [1.165, 1.54) is 5.56 Å². The molecule has 6 nitrogen and oxygen atoms in total. The minimum absolute atomic E-state index is 0.210. The summed E-state index contributed by atoms with van der Waals surface area (Å²) in [6.45, 7) is 0.794. The van der Waals surface area contributed by atoms with E-state index in [1.807, 2.05) is 36.4 Å². The van der Waals surface area contributed by atoms with Gasteiger partial charge in [0, 0.05) is 12.8 Å². The third-order valence-electron chi connectivity index (χ3n) is 3.76. The highest BCUT2D eigenvalue weighted by Crippen LogP contribution is 2.04. The van der Waals surface area contributed by atoms with Crippen LogP contribution in [-0.2, 0) is 27.3 Å². The number of hydrogen-bond donors (Lipinski definition) is 2. The van der Waals surface area contributed by atoms with E-state index < -0.39 is 0 Å². The number of carbonyl (C=O) groups excluding carboxylic acids is 2. The molecular weight excluding hydrogens is 364 g/mol. The number of thiocarbonyl (C=S) groups is 1. The molecule has 1 heterocycles. The average molecular weight is 388 g/mol. The molecule has 0 aliphatic carbocycles. The van der Waals surface area contributed by atoms with Crippen LogP contribution in [0.4, 0.5) is 0 Å². The maximum atomic E-state index is 11.8. The second-order valence-corrected chi connectivity index (χ2v) is 6.38. The van der Waals surface area contributed by atoms with Gasteiger partial charge in [0.1, 0.15) is 5.76 Å². The van der Waals surface area contributed by atoms with Crippen molar-refractivity contribution >= 4 is 29.2 Å². The van der Waals surface area contributed by atoms with E-state index >= 15 is 0 Å². The van der Waals surface area contributed by atoms with Crippen molar-refractivity contribution in [2.45, 2.75) is 38.6 Å². The molecule has 2 N–H and O–H groups in total. The lowest BCUT2D eigenvalue weighted by molar-refractivity contribution is -0.143. The largest absolute Gasteiger partial charge is 0.467 e. The number of hydrogen-bond acceptors (Lipinski definition) is 5. The third kappa shape index (κ3) is 9.01. The molecule has 27 heavy (non-hydrogen) atoms. The summed E-state index contributed by atoms with van der Waals surface area (Å²) >= 11 is 5.04. The lowest BCUT2D eigenvalue weighted by Crippen LogP contribution is -2.38. The van der Waals surface area contributed by atoms with E-state index in [-0.39, 0.29) is 29.8 Å². The maximum absolute atomic E-state index is 11.8. The van der Waals surface area contributed by atoms with Gasteiger partial charge in [-0.25, -0.2) is 0 Å². The summed E-state index contributed by atoms with van der Waals surface area (Å²) in [4.78, 5) is 23.5. The van der Waals surface area contributed by atoms with E-state index in [9.17, 15) is 9.59 Å². The molecule has 0 fully saturated rings. The molecule has 0 saturated carbocycles. The Kier molecular flexibility index (Phi) is 9.06. The van der Waals surface area contributed by atoms with Crippen LogP contribution in [0.3, 0.4) is 0 Å². The minimum atomic E-state index is -0.283. The molecule has 0 aliphatic rings. The average Bonchev–Trinajstić information content (AvgIpc) is 3.18. The standard InChI is InChI=1S/C20H24N2O4S/c23-18(22-20(27)21-15-17-10-6-13-25-17)11-4-12-19(24)26-14-5-9-16-7-2-1-3-8-16/h1-3,6-8,10,13H,4-5,9,11-12,14-15H2,(H2,21,22,23,27). The lowest BCUT2D eigenvalue weighted by Gasteiger charge is -2.08. The fourth-order valence-electron chi connectivity index (χ4n) is 2.39. The number of rotatable bonds is 10. The van der Waals surface area contributed by atoms with Gasteiger partial charge in [0.15, 0.2) is 5.11 Å². The molecule has 0 radical (unpaired) electrons. The van der Waals surface area contributed by atoms with Crippen LogP contribution in [0, 0.1) is 0 Å². The highest BCUT2D eigenvalue weighted by Gasteiger charge is 2.08. The normalized spacial score (nSPS) is 10.2. The Morgan fingerprint density at radius 2 is 1.85 bits per heavy atom. The maximum Gasteiger partial charge on any atom is 0.305 e. The molecule has 0 aliphatic heterocycles. The summed E-state index contributed by atoms with van der Waals surface area (Å²) < 4.78 is 10.3. The zero-order valence-corrected chi connectivity index (χ0v) is 15.9. The highest BCUT2D eigenvalue weighted by molar-refractivity contribution is 7.80. The summed E-state index contributed by atoms with van der Waals surface area (Å²) in [7, 11) is 0. The molecule has 0 spiro atoms. The molecule has 0 bridgehead atoms. The molecule has 0 unspecified atom stereocenters. The van der Waals surface area contributed by atoms with Gasteiger partial charge >= 0.3 is 5.97 Å². The van der Waals surface area contributed by atoms with Gasteiger partial charge < -0.3 is 19.8 Å². The molecule has 1 amide bonds. The minimum Gasteiger partial charge on any atom is -0.467 e. The van der Waals surface area contributed by atoms with Crippen molar-refractivity contribution in [2.24, 2.45) is 0 Å². The van der Waals surface area contributed by atoms with Crippen LogP contribution in [0.15, 0.2) is 53.1 Å². The molecule has 2 aromatic rings. The molecule has 144 valence electrons. The van der Waals surface area contributed by atoms with Crippen molar-refractivity contribution < 1.29 is 18.7 Å². The van der Waals surface area contributed by atoms with Crippen molar-refractivity contribution in [3.63, 3.8) is 0 Å². The lowest BCUT2D eigenvalue weighted by atomic mass is 10.1. The third-order valence-corrected chi connectivity index (χ3v) is 4.00. The molecule has 1 aromatic carbocycles. The van der Waals surface area contributed by atoms with E-state index in [4.69, 9.17) is 21.4 Å². The van der Waals surface area contributed by atoms with E-state index in [1.54, 1.807) is 12.3 Å². The molecule has 0 saturated heterocycles. The number of carbonyl (C=O) groups is 2. The fraction of sp³-hybridized carbons (Fsp3) is 0.350. The van der Waals surface area contributed by atoms with Crippen molar-refractivity contribution in [1.29, 1.82) is 0 Å². The van der Waals surface area contributed by atoms with Crippen molar-refractivity contribution in [2.75, 3.05) is 6.61 Å². The second-order valence-electron chi connectivity index (χ2n) is 5.97. The van der Waals surface area contributed by atoms with Crippen molar-refractivity contribution in [3.8, 4) is 0 Å². The topological polar surface area (TPSA) is 80.6 Å². The Labute approximate surface area is 164 Å². The predicted molar refractivity (Wildman–Crippen MR) is 106 cm³/mol. The fourth-order valence-corrected chi connectivity index (χ4v) is 2.57. The van der Waals surface area contributed by atoms with Gasteiger partial charge in [0.05, 0.1) is 19.4 Å². The van der Waals surface area contributed by atoms with Crippen molar-refractivity contribution in [3.05, 3.63) is 60.1 Å². The van der Waals surface area contributed by atoms with Gasteiger partial charge in [-0.05, 0) is 49.2 Å². The molecular formula is C20H24N2O4S. The van der Waals surface area contributed by atoms with Crippen LogP contribution in [0.25, 0.3) is 0 Å². The van der Waals surface area contributed by atoms with Crippen LogP contribution >= 0.6 is 12.2 Å². The summed E-state index contributed by atoms with van der Waals surface area (Å²) in [5, 5.41) is 5.69. The van der Waals surface area contributed by atoms with Gasteiger partial charge in [-0.3, -0.25) is 9.59 Å². The van der Waals surface area contributed by atoms with E-state index in [0.717, 1.165) is 18.6 Å². The second kappa shape index (κ2) is 11.9. The van der Waals surface area contributed by atoms with Gasteiger partial charge in [-0.15, -0.1) is 0 Å². The highest BCUT2D eigenvalue weighted by atomic mass is 32.1. The monoisotopic (exact) mass is 388 g/mol. The quantitative estimate of drug-likeness (QED) is 0.370. The molecule has 0 atom stereocenters. The van der Waals surface area contributed by atoms with Crippen LogP contribution in [0.1, 0.15) is 37.0 Å². The number of esters is 1.